The summed E-state index contributed by atoms with van der Waals surface area (Å²) in [6.45, 7) is 4.37. The summed E-state index contributed by atoms with van der Waals surface area (Å²) in [5.74, 6) is 0.364. The van der Waals surface area contributed by atoms with Gasteiger partial charge in [0.1, 0.15) is 5.82 Å². The summed E-state index contributed by atoms with van der Waals surface area (Å²) < 4.78 is 14.7. The molecule has 0 aromatic heterocycles. The van der Waals surface area contributed by atoms with Crippen molar-refractivity contribution < 1.29 is 4.39 Å². The van der Waals surface area contributed by atoms with Gasteiger partial charge in [0, 0.05) is 11.6 Å². The van der Waals surface area contributed by atoms with E-state index in [-0.39, 0.29) is 11.9 Å². The van der Waals surface area contributed by atoms with Gasteiger partial charge in [0.15, 0.2) is 0 Å². The zero-order chi connectivity index (χ0) is 13.5. The molecule has 0 aliphatic carbocycles. The van der Waals surface area contributed by atoms with E-state index in [0.29, 0.717) is 10.4 Å². The fourth-order valence-corrected chi connectivity index (χ4v) is 3.01. The average Bonchev–Trinajstić information content (AvgIpc) is 2.36. The van der Waals surface area contributed by atoms with E-state index in [1.54, 1.807) is 6.07 Å². The molecule has 0 amide bonds. The number of halogens is 2. The van der Waals surface area contributed by atoms with Crippen molar-refractivity contribution in [3.05, 3.63) is 34.1 Å². The second-order valence-electron chi connectivity index (χ2n) is 4.75. The number of rotatable bonds is 7. The molecule has 3 heteroatoms. The van der Waals surface area contributed by atoms with Crippen molar-refractivity contribution in [3.8, 4) is 0 Å². The summed E-state index contributed by atoms with van der Waals surface area (Å²) >= 11 is 3.27. The summed E-state index contributed by atoms with van der Waals surface area (Å²) in [5, 5.41) is 3.30. The second-order valence-corrected chi connectivity index (χ2v) is 5.60. The van der Waals surface area contributed by atoms with Gasteiger partial charge >= 0.3 is 0 Å². The van der Waals surface area contributed by atoms with E-state index in [0.717, 1.165) is 31.2 Å². The molecule has 0 aliphatic heterocycles. The van der Waals surface area contributed by atoms with Crippen molar-refractivity contribution in [3.63, 3.8) is 0 Å². The summed E-state index contributed by atoms with van der Waals surface area (Å²) in [6.07, 6.45) is 4.54. The van der Waals surface area contributed by atoms with Crippen LogP contribution in [0.1, 0.15) is 51.1 Å². The van der Waals surface area contributed by atoms with Gasteiger partial charge in [-0.3, -0.25) is 0 Å². The quantitative estimate of drug-likeness (QED) is 0.741. The monoisotopic (exact) mass is 315 g/mol. The van der Waals surface area contributed by atoms with Crippen molar-refractivity contribution in [2.75, 3.05) is 7.05 Å². The molecule has 18 heavy (non-hydrogen) atoms. The third-order valence-corrected chi connectivity index (χ3v) is 4.03. The summed E-state index contributed by atoms with van der Waals surface area (Å²) in [6, 6.07) is 5.64. The minimum atomic E-state index is -0.131. The van der Waals surface area contributed by atoms with Crippen LogP contribution in [0.15, 0.2) is 22.7 Å². The number of hydrogen-bond donors (Lipinski definition) is 1. The van der Waals surface area contributed by atoms with E-state index < -0.39 is 0 Å². The fourth-order valence-electron chi connectivity index (χ4n) is 2.63. The summed E-state index contributed by atoms with van der Waals surface area (Å²) in [5.41, 5.74) is 0.777. The Kier molecular flexibility index (Phi) is 6.87. The van der Waals surface area contributed by atoms with Gasteiger partial charge in [0.25, 0.3) is 0 Å². The molecule has 1 N–H and O–H groups in total. The lowest BCUT2D eigenvalue weighted by Gasteiger charge is -2.27. The van der Waals surface area contributed by atoms with Crippen molar-refractivity contribution in [2.24, 2.45) is 5.92 Å². The van der Waals surface area contributed by atoms with E-state index in [9.17, 15) is 4.39 Å². The predicted molar refractivity (Wildman–Crippen MR) is 79.2 cm³/mol. The normalized spacial score (nSPS) is 13.0. The van der Waals surface area contributed by atoms with Gasteiger partial charge in [-0.05, 0) is 47.8 Å². The Bertz CT molecular complexity index is 362. The molecule has 1 rings (SSSR count). The summed E-state index contributed by atoms with van der Waals surface area (Å²) in [7, 11) is 1.92. The third-order valence-electron chi connectivity index (χ3n) is 3.42. The van der Waals surface area contributed by atoms with Gasteiger partial charge in [-0.1, -0.05) is 38.8 Å². The average molecular weight is 316 g/mol. The highest BCUT2D eigenvalue weighted by Crippen LogP contribution is 2.32. The molecule has 0 fully saturated rings. The van der Waals surface area contributed by atoms with Crippen LogP contribution in [0.4, 0.5) is 4.39 Å². The van der Waals surface area contributed by atoms with Gasteiger partial charge in [0.2, 0.25) is 0 Å². The maximum Gasteiger partial charge on any atom is 0.142 e. The lowest BCUT2D eigenvalue weighted by molar-refractivity contribution is 0.323. The van der Waals surface area contributed by atoms with Gasteiger partial charge in [0.05, 0.1) is 4.47 Å². The number of benzene rings is 1. The van der Waals surface area contributed by atoms with Gasteiger partial charge in [-0.2, -0.15) is 0 Å². The molecule has 1 atom stereocenters. The standard InChI is InChI=1S/C15H23BrFN/c1-4-7-11(8-5-2)15(18-3)12-9-6-10-13(16)14(12)17/h6,9-11,15,18H,4-5,7-8H2,1-3H3. The van der Waals surface area contributed by atoms with E-state index in [2.05, 4.69) is 35.1 Å². The molecule has 1 unspecified atom stereocenters. The van der Waals surface area contributed by atoms with Gasteiger partial charge in [-0.25, -0.2) is 4.39 Å². The maximum atomic E-state index is 14.2. The molecule has 0 radical (unpaired) electrons. The molecule has 0 bridgehead atoms. The van der Waals surface area contributed by atoms with Crippen LogP contribution in [0, 0.1) is 11.7 Å². The fraction of sp³-hybridized carbons (Fsp3) is 0.600. The smallest absolute Gasteiger partial charge is 0.142 e. The predicted octanol–water partition coefficient (Wildman–Crippen LogP) is 5.07. The molecule has 0 spiro atoms. The molecule has 1 aromatic rings. The largest absolute Gasteiger partial charge is 0.313 e. The van der Waals surface area contributed by atoms with Crippen LogP contribution in [0.2, 0.25) is 0 Å². The van der Waals surface area contributed by atoms with Crippen LogP contribution >= 0.6 is 15.9 Å². The Morgan fingerprint density at radius 1 is 1.22 bits per heavy atom. The molecule has 102 valence electrons. The minimum Gasteiger partial charge on any atom is -0.313 e. The Morgan fingerprint density at radius 2 is 1.83 bits per heavy atom. The SMILES string of the molecule is CCCC(CCC)C(NC)c1cccc(Br)c1F. The van der Waals surface area contributed by atoms with Crippen LogP contribution in [0.3, 0.4) is 0 Å². The zero-order valence-corrected chi connectivity index (χ0v) is 13.1. The molecule has 0 saturated carbocycles. The minimum absolute atomic E-state index is 0.0994. The highest BCUT2D eigenvalue weighted by molar-refractivity contribution is 9.10. The van der Waals surface area contributed by atoms with Crippen molar-refractivity contribution in [1.82, 2.24) is 5.32 Å². The number of hydrogen-bond acceptors (Lipinski definition) is 1. The van der Waals surface area contributed by atoms with Crippen molar-refractivity contribution in [2.45, 2.75) is 45.6 Å². The molecule has 1 nitrogen and oxygen atoms in total. The molecule has 1 aromatic carbocycles. The van der Waals surface area contributed by atoms with Crippen LogP contribution in [-0.2, 0) is 0 Å². The molecular weight excluding hydrogens is 293 g/mol. The van der Waals surface area contributed by atoms with Crippen molar-refractivity contribution in [1.29, 1.82) is 0 Å². The first-order valence-corrected chi connectivity index (χ1v) is 7.56. The first kappa shape index (κ1) is 15.6. The summed E-state index contributed by atoms with van der Waals surface area (Å²) in [4.78, 5) is 0. The van der Waals surface area contributed by atoms with Gasteiger partial charge in [-0.15, -0.1) is 0 Å². The molecule has 0 aliphatic rings. The number of nitrogens with one attached hydrogen (secondary N) is 1. The van der Waals surface area contributed by atoms with E-state index in [1.165, 1.54) is 0 Å². The van der Waals surface area contributed by atoms with Crippen LogP contribution < -0.4 is 5.32 Å². The third kappa shape index (κ3) is 3.79. The Morgan fingerprint density at radius 3 is 2.33 bits per heavy atom. The van der Waals surface area contributed by atoms with Crippen LogP contribution in [0.5, 0.6) is 0 Å². The van der Waals surface area contributed by atoms with E-state index >= 15 is 0 Å². The highest BCUT2D eigenvalue weighted by atomic mass is 79.9. The molecule has 0 saturated heterocycles. The first-order chi connectivity index (χ1) is 8.65. The van der Waals surface area contributed by atoms with Crippen LogP contribution in [0.25, 0.3) is 0 Å². The van der Waals surface area contributed by atoms with Gasteiger partial charge < -0.3 is 5.32 Å². The lowest BCUT2D eigenvalue weighted by atomic mass is 9.86. The lowest BCUT2D eigenvalue weighted by Crippen LogP contribution is -2.26. The zero-order valence-electron chi connectivity index (χ0n) is 11.5. The van der Waals surface area contributed by atoms with Crippen molar-refractivity contribution >= 4 is 15.9 Å². The second kappa shape index (κ2) is 7.90. The van der Waals surface area contributed by atoms with E-state index in [4.69, 9.17) is 0 Å². The maximum absolute atomic E-state index is 14.2. The molecule has 0 heterocycles. The van der Waals surface area contributed by atoms with E-state index in [1.807, 2.05) is 19.2 Å². The first-order valence-electron chi connectivity index (χ1n) is 6.76. The highest BCUT2D eigenvalue weighted by Gasteiger charge is 2.23. The van der Waals surface area contributed by atoms with Crippen LogP contribution in [-0.4, -0.2) is 7.05 Å². The Labute approximate surface area is 118 Å². The Hall–Kier alpha value is -0.410. The Balaban J connectivity index is 3.02. The topological polar surface area (TPSA) is 12.0 Å². The molecular formula is C15H23BrFN.